The molecule has 2 heteroatoms. The Morgan fingerprint density at radius 2 is 1.89 bits per heavy atom. The van der Waals surface area contributed by atoms with Crippen molar-refractivity contribution in [1.82, 2.24) is 0 Å². The van der Waals surface area contributed by atoms with Crippen LogP contribution in [0.4, 0.5) is 4.39 Å². The van der Waals surface area contributed by atoms with Crippen molar-refractivity contribution < 1.29 is 4.39 Å². The topological polar surface area (TPSA) is 23.8 Å². The van der Waals surface area contributed by atoms with Gasteiger partial charge < -0.3 is 0 Å². The molecule has 18 heavy (non-hydrogen) atoms. The summed E-state index contributed by atoms with van der Waals surface area (Å²) in [6.45, 7) is 4.15. The molecule has 0 saturated carbocycles. The molecule has 0 spiro atoms. The highest BCUT2D eigenvalue weighted by Gasteiger charge is 2.10. The van der Waals surface area contributed by atoms with Gasteiger partial charge in [-0.25, -0.2) is 4.39 Å². The maximum absolute atomic E-state index is 13.4. The van der Waals surface area contributed by atoms with Crippen LogP contribution in [0.25, 0.3) is 11.1 Å². The van der Waals surface area contributed by atoms with Crippen molar-refractivity contribution in [2.75, 3.05) is 0 Å². The first kappa shape index (κ1) is 12.3. The lowest BCUT2D eigenvalue weighted by atomic mass is 9.92. The van der Waals surface area contributed by atoms with Crippen LogP contribution in [0.1, 0.15) is 30.9 Å². The summed E-state index contributed by atoms with van der Waals surface area (Å²) in [5, 5.41) is 8.92. The van der Waals surface area contributed by atoms with Crippen molar-refractivity contribution >= 4 is 0 Å². The lowest BCUT2D eigenvalue weighted by Crippen LogP contribution is -1.94. The molecule has 0 aromatic heterocycles. The first-order valence-electron chi connectivity index (χ1n) is 5.92. The maximum Gasteiger partial charge on any atom is 0.123 e. The van der Waals surface area contributed by atoms with Crippen molar-refractivity contribution in [1.29, 1.82) is 5.26 Å². The van der Waals surface area contributed by atoms with Crippen LogP contribution >= 0.6 is 0 Å². The number of rotatable bonds is 2. The number of hydrogen-bond donors (Lipinski definition) is 0. The Labute approximate surface area is 107 Å². The minimum atomic E-state index is -0.253. The summed E-state index contributed by atoms with van der Waals surface area (Å²) in [7, 11) is 0. The molecule has 0 aliphatic heterocycles. The minimum absolute atomic E-state index is 0.253. The summed E-state index contributed by atoms with van der Waals surface area (Å²) in [5.74, 6) is 0.0584. The first-order valence-corrected chi connectivity index (χ1v) is 5.92. The van der Waals surface area contributed by atoms with Gasteiger partial charge in [-0.05, 0) is 46.9 Å². The van der Waals surface area contributed by atoms with Gasteiger partial charge in [0.2, 0.25) is 0 Å². The molecule has 0 saturated heterocycles. The van der Waals surface area contributed by atoms with Crippen molar-refractivity contribution in [3.05, 3.63) is 59.4 Å². The third kappa shape index (κ3) is 2.41. The Morgan fingerprint density at radius 1 is 1.11 bits per heavy atom. The van der Waals surface area contributed by atoms with E-state index in [1.54, 1.807) is 12.1 Å². The summed E-state index contributed by atoms with van der Waals surface area (Å²) >= 11 is 0. The number of nitriles is 1. The van der Waals surface area contributed by atoms with Crippen LogP contribution in [0.2, 0.25) is 0 Å². The molecule has 0 aliphatic carbocycles. The van der Waals surface area contributed by atoms with Crippen molar-refractivity contribution in [2.24, 2.45) is 0 Å². The van der Waals surface area contributed by atoms with Gasteiger partial charge >= 0.3 is 0 Å². The molecule has 0 heterocycles. The van der Waals surface area contributed by atoms with Crippen molar-refractivity contribution in [3.63, 3.8) is 0 Å². The van der Waals surface area contributed by atoms with E-state index < -0.39 is 0 Å². The van der Waals surface area contributed by atoms with Crippen LogP contribution in [0.3, 0.4) is 0 Å². The summed E-state index contributed by atoms with van der Waals surface area (Å²) in [6, 6.07) is 14.2. The molecule has 2 aromatic carbocycles. The third-order valence-corrected chi connectivity index (χ3v) is 2.94. The van der Waals surface area contributed by atoms with E-state index in [2.05, 4.69) is 19.9 Å². The summed E-state index contributed by atoms with van der Waals surface area (Å²) in [5.41, 5.74) is 3.43. The van der Waals surface area contributed by atoms with Crippen molar-refractivity contribution in [2.45, 2.75) is 19.8 Å². The summed E-state index contributed by atoms with van der Waals surface area (Å²) in [4.78, 5) is 0. The van der Waals surface area contributed by atoms with Gasteiger partial charge in [-0.3, -0.25) is 0 Å². The van der Waals surface area contributed by atoms with E-state index in [1.807, 2.05) is 18.2 Å². The largest absolute Gasteiger partial charge is 0.207 e. The molecule has 1 nitrogen and oxygen atoms in total. The molecule has 90 valence electrons. The highest BCUT2D eigenvalue weighted by molar-refractivity contribution is 5.69. The summed E-state index contributed by atoms with van der Waals surface area (Å²) < 4.78 is 13.4. The Balaban J connectivity index is 2.62. The first-order chi connectivity index (χ1) is 8.61. The van der Waals surface area contributed by atoms with Crippen LogP contribution < -0.4 is 0 Å². The quantitative estimate of drug-likeness (QED) is 0.757. The predicted octanol–water partition coefficient (Wildman–Crippen LogP) is 4.49. The zero-order valence-corrected chi connectivity index (χ0v) is 10.4. The molecule has 2 rings (SSSR count). The van der Waals surface area contributed by atoms with Crippen LogP contribution in [-0.4, -0.2) is 0 Å². The molecule has 0 unspecified atom stereocenters. The van der Waals surface area contributed by atoms with Gasteiger partial charge in [0.1, 0.15) is 5.82 Å². The van der Waals surface area contributed by atoms with Crippen LogP contribution in [0.5, 0.6) is 0 Å². The zero-order valence-electron chi connectivity index (χ0n) is 10.4. The van der Waals surface area contributed by atoms with E-state index in [0.29, 0.717) is 11.5 Å². The van der Waals surface area contributed by atoms with Gasteiger partial charge in [-0.1, -0.05) is 32.0 Å². The van der Waals surface area contributed by atoms with E-state index in [4.69, 9.17) is 5.26 Å². The lowest BCUT2D eigenvalue weighted by molar-refractivity contribution is 0.627. The molecular weight excluding hydrogens is 225 g/mol. The molecule has 0 fully saturated rings. The predicted molar refractivity (Wildman–Crippen MR) is 70.6 cm³/mol. The fraction of sp³-hybridized carbons (Fsp3) is 0.188. The van der Waals surface area contributed by atoms with E-state index >= 15 is 0 Å². The molecular formula is C16H14FN. The average Bonchev–Trinajstić information content (AvgIpc) is 2.38. The van der Waals surface area contributed by atoms with Gasteiger partial charge in [0.05, 0.1) is 11.6 Å². The molecule has 0 bridgehead atoms. The normalized spacial score (nSPS) is 10.4. The van der Waals surface area contributed by atoms with E-state index in [9.17, 15) is 4.39 Å². The van der Waals surface area contributed by atoms with Gasteiger partial charge in [0.15, 0.2) is 0 Å². The molecule has 2 aromatic rings. The van der Waals surface area contributed by atoms with Gasteiger partial charge in [-0.2, -0.15) is 5.26 Å². The number of hydrogen-bond acceptors (Lipinski definition) is 1. The van der Waals surface area contributed by atoms with E-state index in [1.165, 1.54) is 12.1 Å². The van der Waals surface area contributed by atoms with Crippen LogP contribution in [-0.2, 0) is 0 Å². The Hall–Kier alpha value is -2.14. The molecule has 0 atom stereocenters. The lowest BCUT2D eigenvalue weighted by Gasteiger charge is -2.13. The van der Waals surface area contributed by atoms with Gasteiger partial charge in [-0.15, -0.1) is 0 Å². The minimum Gasteiger partial charge on any atom is -0.207 e. The monoisotopic (exact) mass is 239 g/mol. The van der Waals surface area contributed by atoms with Crippen LogP contribution in [0, 0.1) is 17.1 Å². The average molecular weight is 239 g/mol. The number of benzene rings is 2. The third-order valence-electron chi connectivity index (χ3n) is 2.94. The smallest absolute Gasteiger partial charge is 0.123 e. The Kier molecular flexibility index (Phi) is 3.43. The fourth-order valence-corrected chi connectivity index (χ4v) is 2.04. The SMILES string of the molecule is CC(C)c1ccc(F)cc1-c1cccc(C#N)c1. The van der Waals surface area contributed by atoms with Gasteiger partial charge in [0.25, 0.3) is 0 Å². The Morgan fingerprint density at radius 3 is 2.56 bits per heavy atom. The Bertz CT molecular complexity index is 609. The number of nitrogens with zero attached hydrogens (tertiary/aromatic N) is 1. The highest BCUT2D eigenvalue weighted by atomic mass is 19.1. The van der Waals surface area contributed by atoms with Crippen LogP contribution in [0.15, 0.2) is 42.5 Å². The standard InChI is InChI=1S/C16H14FN/c1-11(2)15-7-6-14(17)9-16(15)13-5-3-4-12(8-13)10-18/h3-9,11H,1-2H3. The maximum atomic E-state index is 13.4. The molecule has 0 aliphatic rings. The number of halogens is 1. The molecule has 0 N–H and O–H groups in total. The van der Waals surface area contributed by atoms with E-state index in [-0.39, 0.29) is 5.82 Å². The second-order valence-electron chi connectivity index (χ2n) is 4.58. The zero-order chi connectivity index (χ0) is 13.1. The molecule has 0 amide bonds. The van der Waals surface area contributed by atoms with Gasteiger partial charge in [0, 0.05) is 0 Å². The summed E-state index contributed by atoms with van der Waals surface area (Å²) in [6.07, 6.45) is 0. The fourth-order valence-electron chi connectivity index (χ4n) is 2.04. The highest BCUT2D eigenvalue weighted by Crippen LogP contribution is 2.30. The second kappa shape index (κ2) is 5.01. The molecule has 0 radical (unpaired) electrons. The second-order valence-corrected chi connectivity index (χ2v) is 4.58. The van der Waals surface area contributed by atoms with Crippen molar-refractivity contribution in [3.8, 4) is 17.2 Å². The van der Waals surface area contributed by atoms with E-state index in [0.717, 1.165) is 16.7 Å².